The van der Waals surface area contributed by atoms with Gasteiger partial charge in [0, 0.05) is 18.5 Å². The summed E-state index contributed by atoms with van der Waals surface area (Å²) in [5.41, 5.74) is 0.291. The Hall–Kier alpha value is -1.36. The topological polar surface area (TPSA) is 75.4 Å². The van der Waals surface area contributed by atoms with Crippen molar-refractivity contribution in [3.05, 3.63) is 17.5 Å². The Morgan fingerprint density at radius 1 is 1.59 bits per heavy atom. The maximum Gasteiger partial charge on any atom is 0.273 e. The second kappa shape index (κ2) is 6.39. The van der Waals surface area contributed by atoms with E-state index in [4.69, 9.17) is 4.52 Å². The molecular formula is C12H20N2O3. The van der Waals surface area contributed by atoms with E-state index < -0.39 is 0 Å². The Bertz CT molecular complexity index is 360. The van der Waals surface area contributed by atoms with Crippen LogP contribution in [0.2, 0.25) is 0 Å². The molecular weight excluding hydrogens is 220 g/mol. The quantitative estimate of drug-likeness (QED) is 0.793. The van der Waals surface area contributed by atoms with Crippen LogP contribution in [0.25, 0.3) is 0 Å². The van der Waals surface area contributed by atoms with Gasteiger partial charge in [0.15, 0.2) is 5.69 Å². The number of nitrogens with one attached hydrogen (secondary N) is 1. The molecule has 0 bridgehead atoms. The van der Waals surface area contributed by atoms with E-state index in [1.54, 1.807) is 6.07 Å². The molecule has 0 saturated heterocycles. The SMILES string of the molecule is CCC(O)CCNC(=O)c1cc(C(C)C)on1. The lowest BCUT2D eigenvalue weighted by atomic mass is 10.1. The second-order valence-electron chi connectivity index (χ2n) is 4.38. The van der Waals surface area contributed by atoms with Gasteiger partial charge in [-0.1, -0.05) is 25.9 Å². The van der Waals surface area contributed by atoms with E-state index in [2.05, 4.69) is 10.5 Å². The number of carbonyl (C=O) groups excluding carboxylic acids is 1. The minimum atomic E-state index is -0.362. The summed E-state index contributed by atoms with van der Waals surface area (Å²) in [5, 5.41) is 15.7. The Morgan fingerprint density at radius 2 is 2.29 bits per heavy atom. The molecule has 17 heavy (non-hydrogen) atoms. The number of carbonyl (C=O) groups is 1. The van der Waals surface area contributed by atoms with Crippen LogP contribution in [0.15, 0.2) is 10.6 Å². The van der Waals surface area contributed by atoms with Gasteiger partial charge >= 0.3 is 0 Å². The van der Waals surface area contributed by atoms with Crippen LogP contribution in [0.3, 0.4) is 0 Å². The first-order chi connectivity index (χ1) is 8.04. The Balaban J connectivity index is 2.41. The lowest BCUT2D eigenvalue weighted by molar-refractivity contribution is 0.0933. The van der Waals surface area contributed by atoms with Gasteiger partial charge in [-0.25, -0.2) is 0 Å². The van der Waals surface area contributed by atoms with Gasteiger partial charge in [-0.2, -0.15) is 0 Å². The lowest BCUT2D eigenvalue weighted by Gasteiger charge is -2.07. The van der Waals surface area contributed by atoms with Crippen molar-refractivity contribution in [2.75, 3.05) is 6.54 Å². The molecule has 1 aromatic heterocycles. The maximum absolute atomic E-state index is 11.6. The van der Waals surface area contributed by atoms with E-state index in [0.717, 1.165) is 0 Å². The highest BCUT2D eigenvalue weighted by Gasteiger charge is 2.14. The predicted molar refractivity (Wildman–Crippen MR) is 63.8 cm³/mol. The van der Waals surface area contributed by atoms with E-state index >= 15 is 0 Å². The van der Waals surface area contributed by atoms with Gasteiger partial charge in [0.25, 0.3) is 5.91 Å². The van der Waals surface area contributed by atoms with Crippen LogP contribution >= 0.6 is 0 Å². The van der Waals surface area contributed by atoms with Crippen LogP contribution in [0.1, 0.15) is 55.8 Å². The smallest absolute Gasteiger partial charge is 0.273 e. The molecule has 0 aliphatic rings. The van der Waals surface area contributed by atoms with Crippen molar-refractivity contribution < 1.29 is 14.4 Å². The molecule has 1 amide bonds. The number of nitrogens with zero attached hydrogens (tertiary/aromatic N) is 1. The summed E-state index contributed by atoms with van der Waals surface area (Å²) in [6.07, 6.45) is 0.882. The molecule has 0 aliphatic carbocycles. The molecule has 5 nitrogen and oxygen atoms in total. The second-order valence-corrected chi connectivity index (χ2v) is 4.38. The van der Waals surface area contributed by atoms with Gasteiger partial charge in [-0.3, -0.25) is 4.79 Å². The molecule has 0 saturated carbocycles. The Morgan fingerprint density at radius 3 is 2.82 bits per heavy atom. The van der Waals surface area contributed by atoms with Crippen molar-refractivity contribution in [2.24, 2.45) is 0 Å². The van der Waals surface area contributed by atoms with E-state index in [1.807, 2.05) is 20.8 Å². The highest BCUT2D eigenvalue weighted by atomic mass is 16.5. The van der Waals surface area contributed by atoms with Crippen molar-refractivity contribution in [3.8, 4) is 0 Å². The number of rotatable bonds is 6. The fourth-order valence-corrected chi connectivity index (χ4v) is 1.32. The molecule has 1 heterocycles. The molecule has 96 valence electrons. The number of aromatic nitrogens is 1. The zero-order valence-electron chi connectivity index (χ0n) is 10.6. The van der Waals surface area contributed by atoms with Crippen molar-refractivity contribution in [1.29, 1.82) is 0 Å². The van der Waals surface area contributed by atoms with E-state index in [-0.39, 0.29) is 17.9 Å². The monoisotopic (exact) mass is 240 g/mol. The first-order valence-electron chi connectivity index (χ1n) is 5.97. The van der Waals surface area contributed by atoms with E-state index in [1.165, 1.54) is 0 Å². The predicted octanol–water partition coefficient (Wildman–Crippen LogP) is 1.69. The van der Waals surface area contributed by atoms with Gasteiger partial charge in [0.05, 0.1) is 6.10 Å². The van der Waals surface area contributed by atoms with E-state index in [9.17, 15) is 9.90 Å². The third-order valence-corrected chi connectivity index (χ3v) is 2.56. The lowest BCUT2D eigenvalue weighted by Crippen LogP contribution is -2.27. The molecule has 5 heteroatoms. The summed E-state index contributed by atoms with van der Waals surface area (Å²) in [4.78, 5) is 11.6. The van der Waals surface area contributed by atoms with Gasteiger partial charge in [0.1, 0.15) is 5.76 Å². The average molecular weight is 240 g/mol. The van der Waals surface area contributed by atoms with Gasteiger partial charge < -0.3 is 14.9 Å². The first kappa shape index (κ1) is 13.7. The standard InChI is InChI=1S/C12H20N2O3/c1-4-9(15)5-6-13-12(16)10-7-11(8(2)3)17-14-10/h7-9,15H,4-6H2,1-3H3,(H,13,16). The highest BCUT2D eigenvalue weighted by Crippen LogP contribution is 2.14. The van der Waals surface area contributed by atoms with Crippen LogP contribution in [0, 0.1) is 0 Å². The summed E-state index contributed by atoms with van der Waals surface area (Å²) < 4.78 is 5.04. The summed E-state index contributed by atoms with van der Waals surface area (Å²) in [6, 6.07) is 1.65. The van der Waals surface area contributed by atoms with Crippen molar-refractivity contribution in [2.45, 2.75) is 45.6 Å². The molecule has 1 rings (SSSR count). The normalized spacial score (nSPS) is 12.8. The summed E-state index contributed by atoms with van der Waals surface area (Å²) in [7, 11) is 0. The summed E-state index contributed by atoms with van der Waals surface area (Å²) in [5.74, 6) is 0.652. The molecule has 1 atom stereocenters. The molecule has 1 unspecified atom stereocenters. The van der Waals surface area contributed by atoms with Gasteiger partial charge in [0.2, 0.25) is 0 Å². The molecule has 0 fully saturated rings. The zero-order valence-corrected chi connectivity index (χ0v) is 10.6. The highest BCUT2D eigenvalue weighted by molar-refractivity contribution is 5.92. The fourth-order valence-electron chi connectivity index (χ4n) is 1.32. The average Bonchev–Trinajstić information content (AvgIpc) is 2.78. The van der Waals surface area contributed by atoms with Crippen molar-refractivity contribution >= 4 is 5.91 Å². The molecule has 0 aromatic carbocycles. The Kier molecular flexibility index (Phi) is 5.15. The van der Waals surface area contributed by atoms with E-state index in [0.29, 0.717) is 30.8 Å². The van der Waals surface area contributed by atoms with Crippen molar-refractivity contribution in [1.82, 2.24) is 10.5 Å². The van der Waals surface area contributed by atoms with Gasteiger partial charge in [-0.05, 0) is 12.8 Å². The van der Waals surface area contributed by atoms with Crippen LogP contribution in [0.5, 0.6) is 0 Å². The van der Waals surface area contributed by atoms with Crippen LogP contribution in [-0.2, 0) is 0 Å². The molecule has 2 N–H and O–H groups in total. The first-order valence-corrected chi connectivity index (χ1v) is 5.97. The molecule has 0 spiro atoms. The van der Waals surface area contributed by atoms with Crippen LogP contribution < -0.4 is 5.32 Å². The van der Waals surface area contributed by atoms with Gasteiger partial charge in [-0.15, -0.1) is 0 Å². The minimum Gasteiger partial charge on any atom is -0.393 e. The zero-order chi connectivity index (χ0) is 12.8. The van der Waals surface area contributed by atoms with Crippen molar-refractivity contribution in [3.63, 3.8) is 0 Å². The number of aliphatic hydroxyl groups excluding tert-OH is 1. The third-order valence-electron chi connectivity index (χ3n) is 2.56. The molecule has 1 aromatic rings. The summed E-state index contributed by atoms with van der Waals surface area (Å²) in [6.45, 7) is 6.29. The maximum atomic E-state index is 11.6. The Labute approximate surface area is 101 Å². The largest absolute Gasteiger partial charge is 0.393 e. The molecule has 0 aliphatic heterocycles. The van der Waals surface area contributed by atoms with Crippen LogP contribution in [0.4, 0.5) is 0 Å². The summed E-state index contributed by atoms with van der Waals surface area (Å²) >= 11 is 0. The minimum absolute atomic E-state index is 0.214. The fraction of sp³-hybridized carbons (Fsp3) is 0.667. The number of hydrogen-bond acceptors (Lipinski definition) is 4. The number of amides is 1. The van der Waals surface area contributed by atoms with Crippen LogP contribution in [-0.4, -0.2) is 28.8 Å². The third kappa shape index (κ3) is 4.19. The molecule has 0 radical (unpaired) electrons. The number of hydrogen-bond donors (Lipinski definition) is 2. The number of aliphatic hydroxyl groups is 1.